The summed E-state index contributed by atoms with van der Waals surface area (Å²) in [6.45, 7) is 2.88. The molecule has 1 aromatic heterocycles. The van der Waals surface area contributed by atoms with Crippen molar-refractivity contribution in [2.45, 2.75) is 87.3 Å². The summed E-state index contributed by atoms with van der Waals surface area (Å²) in [7, 11) is 1.58. The molecule has 0 unspecified atom stereocenters. The van der Waals surface area contributed by atoms with Crippen molar-refractivity contribution in [3.63, 3.8) is 0 Å². The van der Waals surface area contributed by atoms with Crippen LogP contribution in [0.3, 0.4) is 0 Å². The van der Waals surface area contributed by atoms with Gasteiger partial charge < -0.3 is 28.0 Å². The number of fused-ring (bicyclic) bond motifs is 1. The molecule has 4 aliphatic rings. The highest BCUT2D eigenvalue weighted by Crippen LogP contribution is 2.64. The molecule has 1 saturated carbocycles. The highest BCUT2D eigenvalue weighted by molar-refractivity contribution is 7.45. The largest absolute Gasteiger partial charge is 0.497 e. The molecular formula is C41H47FN3O8P. The van der Waals surface area contributed by atoms with E-state index in [9.17, 15) is 9.59 Å². The number of nitrogens with zero attached hydrogens (tertiary/aromatic N) is 2. The van der Waals surface area contributed by atoms with Crippen LogP contribution in [-0.2, 0) is 24.1 Å². The maximum absolute atomic E-state index is 17.1. The van der Waals surface area contributed by atoms with Crippen LogP contribution in [-0.4, -0.2) is 71.6 Å². The molecule has 4 aromatic rings. The van der Waals surface area contributed by atoms with Crippen LogP contribution in [0.2, 0.25) is 0 Å². The normalized spacial score (nSPS) is 28.7. The van der Waals surface area contributed by atoms with Gasteiger partial charge in [-0.3, -0.25) is 14.3 Å². The van der Waals surface area contributed by atoms with Crippen LogP contribution in [0.25, 0.3) is 0 Å². The Bertz CT molecular complexity index is 1960. The minimum Gasteiger partial charge on any atom is -0.497 e. The van der Waals surface area contributed by atoms with Crippen LogP contribution in [0.15, 0.2) is 101 Å². The number of alkyl halides is 1. The first-order chi connectivity index (χ1) is 26.2. The molecule has 3 saturated heterocycles. The Hall–Kier alpha value is -3.90. The summed E-state index contributed by atoms with van der Waals surface area (Å²) in [6.07, 6.45) is 2.54. The van der Waals surface area contributed by atoms with Crippen molar-refractivity contribution < 1.29 is 32.4 Å². The van der Waals surface area contributed by atoms with Crippen LogP contribution in [0, 0.1) is 5.92 Å². The van der Waals surface area contributed by atoms with E-state index in [0.29, 0.717) is 17.4 Å². The molecule has 4 fully saturated rings. The average Bonchev–Trinajstić information content (AvgIpc) is 4.01. The second kappa shape index (κ2) is 15.3. The number of rotatable bonds is 12. The lowest BCUT2D eigenvalue weighted by molar-refractivity contribution is -0.0934. The minimum atomic E-state index is -1.79. The van der Waals surface area contributed by atoms with E-state index in [0.717, 1.165) is 53.5 Å². The van der Waals surface area contributed by atoms with Gasteiger partial charge in [0.05, 0.1) is 26.4 Å². The van der Waals surface area contributed by atoms with E-state index in [4.69, 9.17) is 28.0 Å². The predicted molar refractivity (Wildman–Crippen MR) is 201 cm³/mol. The molecule has 0 amide bonds. The fourth-order valence-electron chi connectivity index (χ4n) is 8.93. The van der Waals surface area contributed by atoms with E-state index in [1.165, 1.54) is 25.1 Å². The highest BCUT2D eigenvalue weighted by Gasteiger charge is 2.60. The number of aromatic nitrogens is 2. The molecule has 4 heterocycles. The van der Waals surface area contributed by atoms with E-state index in [-0.39, 0.29) is 12.6 Å². The number of ether oxygens (including phenoxy) is 4. The standard InChI is InChI=1S/C41H47FN3O8P/c1-40(27-10-7-8-11-27)34-14-9-24-45(34)54(53-40)52-37-33(51-38(36(37)42)44-25-23-35(46)43-39(44)47)26-50-41(28-12-5-4-6-13-28,29-15-19-31(48-2)20-16-29)30-17-21-32(49-3)22-18-30/h4-6,12-13,15-23,25,27,33-34,36-38H,7-11,14,24,26H2,1-3H3,(H,43,46,47)/t33-,34+,36-,37-,38-,40-,54-/m1/s1. The Balaban J connectivity index is 1.18. The quantitative estimate of drug-likeness (QED) is 0.122. The predicted octanol–water partition coefficient (Wildman–Crippen LogP) is 6.85. The Kier molecular flexibility index (Phi) is 10.5. The molecule has 3 aliphatic heterocycles. The number of H-pyrrole nitrogens is 1. The lowest BCUT2D eigenvalue weighted by Crippen LogP contribution is -2.44. The first-order valence-corrected chi connectivity index (χ1v) is 19.9. The Morgan fingerprint density at radius 3 is 2.11 bits per heavy atom. The van der Waals surface area contributed by atoms with Gasteiger partial charge in [0.2, 0.25) is 0 Å². The van der Waals surface area contributed by atoms with E-state index in [1.807, 2.05) is 78.9 Å². The van der Waals surface area contributed by atoms with Crippen molar-refractivity contribution in [1.82, 2.24) is 14.2 Å². The third-order valence-corrected chi connectivity index (χ3v) is 13.6. The van der Waals surface area contributed by atoms with Gasteiger partial charge in [0.1, 0.15) is 29.3 Å². The molecular weight excluding hydrogens is 712 g/mol. The van der Waals surface area contributed by atoms with E-state index in [2.05, 4.69) is 16.6 Å². The van der Waals surface area contributed by atoms with Crippen molar-refractivity contribution in [1.29, 1.82) is 0 Å². The fraction of sp³-hybridized carbons (Fsp3) is 0.463. The minimum absolute atomic E-state index is 0.126. The van der Waals surface area contributed by atoms with Gasteiger partial charge in [-0.2, -0.15) is 0 Å². The average molecular weight is 760 g/mol. The number of benzene rings is 3. The van der Waals surface area contributed by atoms with E-state index < -0.39 is 55.6 Å². The lowest BCUT2D eigenvalue weighted by atomic mass is 9.80. The van der Waals surface area contributed by atoms with Gasteiger partial charge in [0.25, 0.3) is 14.1 Å². The third-order valence-electron chi connectivity index (χ3n) is 11.8. The second-order valence-electron chi connectivity index (χ2n) is 14.7. The van der Waals surface area contributed by atoms with Crippen molar-refractivity contribution in [2.24, 2.45) is 5.92 Å². The zero-order valence-corrected chi connectivity index (χ0v) is 31.7. The van der Waals surface area contributed by atoms with Gasteiger partial charge in [-0.15, -0.1) is 0 Å². The number of hydrogen-bond donors (Lipinski definition) is 1. The first kappa shape index (κ1) is 37.0. The lowest BCUT2D eigenvalue weighted by Gasteiger charge is -2.37. The summed E-state index contributed by atoms with van der Waals surface area (Å²) >= 11 is 0. The van der Waals surface area contributed by atoms with E-state index in [1.54, 1.807) is 14.2 Å². The van der Waals surface area contributed by atoms with Crippen molar-refractivity contribution in [3.8, 4) is 11.5 Å². The maximum atomic E-state index is 17.1. The summed E-state index contributed by atoms with van der Waals surface area (Å²) in [6, 6.07) is 26.5. The number of hydrogen-bond acceptors (Lipinski definition) is 9. The summed E-state index contributed by atoms with van der Waals surface area (Å²) in [4.78, 5) is 27.3. The molecule has 11 nitrogen and oxygen atoms in total. The van der Waals surface area contributed by atoms with Gasteiger partial charge in [-0.05, 0) is 79.5 Å². The Morgan fingerprint density at radius 2 is 1.50 bits per heavy atom. The van der Waals surface area contributed by atoms with Gasteiger partial charge in [-0.25, -0.2) is 13.9 Å². The summed E-state index contributed by atoms with van der Waals surface area (Å²) in [5.74, 6) is 1.77. The molecule has 1 aliphatic carbocycles. The van der Waals surface area contributed by atoms with Gasteiger partial charge in [0, 0.05) is 24.8 Å². The van der Waals surface area contributed by atoms with Crippen LogP contribution in [0.4, 0.5) is 4.39 Å². The van der Waals surface area contributed by atoms with Crippen LogP contribution in [0.1, 0.15) is 68.4 Å². The van der Waals surface area contributed by atoms with Crippen LogP contribution < -0.4 is 20.7 Å². The smallest absolute Gasteiger partial charge is 0.330 e. The van der Waals surface area contributed by atoms with Crippen molar-refractivity contribution in [3.05, 3.63) is 129 Å². The third kappa shape index (κ3) is 6.61. The second-order valence-corrected chi connectivity index (χ2v) is 16.1. The summed E-state index contributed by atoms with van der Waals surface area (Å²) < 4.78 is 58.7. The van der Waals surface area contributed by atoms with Gasteiger partial charge in [0.15, 0.2) is 12.4 Å². The topological polar surface area (TPSA) is 113 Å². The molecule has 7 atom stereocenters. The van der Waals surface area contributed by atoms with Crippen LogP contribution >= 0.6 is 8.53 Å². The van der Waals surface area contributed by atoms with Gasteiger partial charge >= 0.3 is 5.69 Å². The molecule has 286 valence electrons. The van der Waals surface area contributed by atoms with Crippen molar-refractivity contribution in [2.75, 3.05) is 27.4 Å². The monoisotopic (exact) mass is 759 g/mol. The molecule has 13 heteroatoms. The molecule has 0 radical (unpaired) electrons. The highest BCUT2D eigenvalue weighted by atomic mass is 31.2. The SMILES string of the molecule is COc1ccc(C(OC[C@H]2O[C@@H](n3ccc(=O)[nH]c3=O)[C@H](F)[C@@H]2O[P@]2O[C@](C)(C3CCCC3)[C@@H]3CCCN32)(c2ccccc2)c2ccc(OC)cc2)cc1. The maximum Gasteiger partial charge on any atom is 0.330 e. The molecule has 54 heavy (non-hydrogen) atoms. The number of methoxy groups -OCH3 is 2. The number of halogens is 1. The number of aromatic amines is 1. The molecule has 8 rings (SSSR count). The molecule has 3 aromatic carbocycles. The fourth-order valence-corrected chi connectivity index (χ4v) is 11.1. The summed E-state index contributed by atoms with van der Waals surface area (Å²) in [5.41, 5.74) is -0.525. The Labute approximate surface area is 315 Å². The zero-order valence-electron chi connectivity index (χ0n) is 30.8. The van der Waals surface area contributed by atoms with Crippen molar-refractivity contribution >= 4 is 8.53 Å². The van der Waals surface area contributed by atoms with Crippen LogP contribution in [0.5, 0.6) is 11.5 Å². The molecule has 1 N–H and O–H groups in total. The summed E-state index contributed by atoms with van der Waals surface area (Å²) in [5, 5.41) is 0. The van der Waals surface area contributed by atoms with Gasteiger partial charge in [-0.1, -0.05) is 67.4 Å². The van der Waals surface area contributed by atoms with E-state index >= 15 is 4.39 Å². The molecule has 0 bridgehead atoms. The number of nitrogens with one attached hydrogen (secondary N) is 1. The first-order valence-electron chi connectivity index (χ1n) is 18.8. The Morgan fingerprint density at radius 1 is 0.870 bits per heavy atom. The zero-order chi connectivity index (χ0) is 37.5. The molecule has 0 spiro atoms.